The number of nitrogens with zero attached hydrogens (tertiary/aromatic N) is 2. The van der Waals surface area contributed by atoms with Gasteiger partial charge in [0.1, 0.15) is 12.1 Å². The highest BCUT2D eigenvalue weighted by Crippen LogP contribution is 2.35. The fourth-order valence-electron chi connectivity index (χ4n) is 2.77. The van der Waals surface area contributed by atoms with E-state index in [9.17, 15) is 0 Å². The van der Waals surface area contributed by atoms with E-state index < -0.39 is 0 Å². The first kappa shape index (κ1) is 14.3. The second kappa shape index (κ2) is 5.98. The number of hydrogen-bond donors (Lipinski definition) is 1. The highest BCUT2D eigenvalue weighted by atomic mass is 15.0. The number of hydrogen-bond acceptors (Lipinski definition) is 3. The molecule has 1 heterocycles. The van der Waals surface area contributed by atoms with Crippen molar-refractivity contribution in [2.75, 3.05) is 12.4 Å². The zero-order valence-corrected chi connectivity index (χ0v) is 12.9. The van der Waals surface area contributed by atoms with E-state index >= 15 is 0 Å². The van der Waals surface area contributed by atoms with Gasteiger partial charge >= 0.3 is 0 Å². The Morgan fingerprint density at radius 3 is 2.64 bits per heavy atom. The molecule has 110 valence electrons. The molecule has 22 heavy (non-hydrogen) atoms. The first-order chi connectivity index (χ1) is 10.8. The molecule has 0 saturated carbocycles. The lowest BCUT2D eigenvalue weighted by Crippen LogP contribution is -1.97. The molecule has 0 aliphatic carbocycles. The van der Waals surface area contributed by atoms with Crippen molar-refractivity contribution < 1.29 is 0 Å². The van der Waals surface area contributed by atoms with Gasteiger partial charge in [0.05, 0.1) is 0 Å². The number of nitrogens with one attached hydrogen (secondary N) is 1. The Morgan fingerprint density at radius 2 is 1.86 bits per heavy atom. The van der Waals surface area contributed by atoms with Crippen molar-refractivity contribution in [1.29, 1.82) is 0 Å². The molecule has 0 aliphatic heterocycles. The lowest BCUT2D eigenvalue weighted by molar-refractivity contribution is 1.16. The number of fused-ring (bicyclic) bond motifs is 1. The zero-order valence-electron chi connectivity index (χ0n) is 12.9. The van der Waals surface area contributed by atoms with Crippen molar-refractivity contribution in [3.05, 3.63) is 61.1 Å². The minimum Gasteiger partial charge on any atom is -0.373 e. The van der Waals surface area contributed by atoms with E-state index in [1.165, 1.54) is 16.3 Å². The molecule has 0 fully saturated rings. The van der Waals surface area contributed by atoms with Gasteiger partial charge in [0, 0.05) is 18.8 Å². The van der Waals surface area contributed by atoms with Crippen LogP contribution in [-0.2, 0) is 0 Å². The minimum absolute atomic E-state index is 0.835. The van der Waals surface area contributed by atoms with Gasteiger partial charge in [-0.3, -0.25) is 0 Å². The molecule has 0 atom stereocenters. The lowest BCUT2D eigenvalue weighted by atomic mass is 9.93. The van der Waals surface area contributed by atoms with E-state index in [1.54, 1.807) is 6.33 Å². The second-order valence-corrected chi connectivity index (χ2v) is 5.20. The van der Waals surface area contributed by atoms with Crippen molar-refractivity contribution in [2.45, 2.75) is 13.3 Å². The number of benzene rings is 2. The maximum Gasteiger partial charge on any atom is 0.137 e. The molecular formula is C19H19N3. The first-order valence-electron chi connectivity index (χ1n) is 7.44. The molecule has 1 aromatic heterocycles. The van der Waals surface area contributed by atoms with Gasteiger partial charge < -0.3 is 5.32 Å². The largest absolute Gasteiger partial charge is 0.373 e. The summed E-state index contributed by atoms with van der Waals surface area (Å²) in [5, 5.41) is 5.55. The molecule has 0 amide bonds. The van der Waals surface area contributed by atoms with Gasteiger partial charge in [-0.05, 0) is 33.9 Å². The average Bonchev–Trinajstić information content (AvgIpc) is 2.60. The van der Waals surface area contributed by atoms with Crippen LogP contribution in [0.15, 0.2) is 55.5 Å². The Kier molecular flexibility index (Phi) is 3.88. The van der Waals surface area contributed by atoms with Crippen LogP contribution in [0, 0.1) is 0 Å². The zero-order chi connectivity index (χ0) is 15.5. The molecular weight excluding hydrogens is 270 g/mol. The Bertz CT molecular complexity index is 837. The Balaban J connectivity index is 2.30. The fourth-order valence-corrected chi connectivity index (χ4v) is 2.77. The van der Waals surface area contributed by atoms with Gasteiger partial charge in [-0.2, -0.15) is 0 Å². The summed E-state index contributed by atoms with van der Waals surface area (Å²) in [7, 11) is 1.88. The Morgan fingerprint density at radius 1 is 1.09 bits per heavy atom. The van der Waals surface area contributed by atoms with Gasteiger partial charge in [-0.25, -0.2) is 9.97 Å². The molecule has 0 unspecified atom stereocenters. The molecule has 0 bridgehead atoms. The highest BCUT2D eigenvalue weighted by Gasteiger charge is 2.11. The van der Waals surface area contributed by atoms with E-state index in [0.29, 0.717) is 0 Å². The molecule has 0 radical (unpaired) electrons. The summed E-state index contributed by atoms with van der Waals surface area (Å²) in [6, 6.07) is 12.7. The van der Waals surface area contributed by atoms with Crippen molar-refractivity contribution in [3.63, 3.8) is 0 Å². The lowest BCUT2D eigenvalue weighted by Gasteiger charge is -2.13. The van der Waals surface area contributed by atoms with Gasteiger partial charge in [0.25, 0.3) is 0 Å². The summed E-state index contributed by atoms with van der Waals surface area (Å²) >= 11 is 0. The molecule has 0 spiro atoms. The SMILES string of the molecule is C=C(CC)c1cccc2c(-c3cncnc3NC)cccc12. The van der Waals surface area contributed by atoms with Crippen LogP contribution in [0.25, 0.3) is 27.5 Å². The average molecular weight is 289 g/mol. The monoisotopic (exact) mass is 289 g/mol. The highest BCUT2D eigenvalue weighted by molar-refractivity contribution is 6.03. The number of rotatable bonds is 4. The molecule has 0 saturated heterocycles. The van der Waals surface area contributed by atoms with E-state index in [1.807, 2.05) is 13.2 Å². The summed E-state index contributed by atoms with van der Waals surface area (Å²) in [6.45, 7) is 6.33. The summed E-state index contributed by atoms with van der Waals surface area (Å²) in [4.78, 5) is 8.50. The minimum atomic E-state index is 0.835. The van der Waals surface area contributed by atoms with Gasteiger partial charge in [0.15, 0.2) is 0 Å². The molecule has 1 N–H and O–H groups in total. The van der Waals surface area contributed by atoms with E-state index in [-0.39, 0.29) is 0 Å². The number of allylic oxidation sites excluding steroid dienone is 1. The smallest absolute Gasteiger partial charge is 0.137 e. The third-order valence-corrected chi connectivity index (χ3v) is 3.97. The summed E-state index contributed by atoms with van der Waals surface area (Å²) in [5.74, 6) is 0.835. The Hall–Kier alpha value is -2.68. The van der Waals surface area contributed by atoms with Crippen molar-refractivity contribution >= 4 is 22.2 Å². The van der Waals surface area contributed by atoms with Crippen LogP contribution in [0.3, 0.4) is 0 Å². The predicted molar refractivity (Wildman–Crippen MR) is 93.8 cm³/mol. The summed E-state index contributed by atoms with van der Waals surface area (Å²) in [6.07, 6.45) is 4.36. The molecule has 3 rings (SSSR count). The van der Waals surface area contributed by atoms with Crippen LogP contribution in [0.1, 0.15) is 18.9 Å². The van der Waals surface area contributed by atoms with E-state index in [4.69, 9.17) is 0 Å². The van der Waals surface area contributed by atoms with Crippen LogP contribution in [0.5, 0.6) is 0 Å². The normalized spacial score (nSPS) is 10.6. The topological polar surface area (TPSA) is 37.8 Å². The van der Waals surface area contributed by atoms with Gasteiger partial charge in [-0.1, -0.05) is 49.9 Å². The molecule has 3 heteroatoms. The van der Waals surface area contributed by atoms with Gasteiger partial charge in [-0.15, -0.1) is 0 Å². The maximum absolute atomic E-state index is 4.31. The third-order valence-electron chi connectivity index (χ3n) is 3.97. The van der Waals surface area contributed by atoms with E-state index in [2.05, 4.69) is 65.2 Å². The summed E-state index contributed by atoms with van der Waals surface area (Å²) < 4.78 is 0. The van der Waals surface area contributed by atoms with E-state index in [0.717, 1.165) is 28.9 Å². The van der Waals surface area contributed by atoms with Crippen LogP contribution in [0.2, 0.25) is 0 Å². The van der Waals surface area contributed by atoms with Crippen LogP contribution in [-0.4, -0.2) is 17.0 Å². The summed E-state index contributed by atoms with van der Waals surface area (Å²) in [5.41, 5.74) is 4.51. The van der Waals surface area contributed by atoms with Crippen LogP contribution in [0.4, 0.5) is 5.82 Å². The molecule has 2 aromatic carbocycles. The van der Waals surface area contributed by atoms with Gasteiger partial charge in [0.2, 0.25) is 0 Å². The van der Waals surface area contributed by atoms with Crippen molar-refractivity contribution in [3.8, 4) is 11.1 Å². The van der Waals surface area contributed by atoms with Crippen LogP contribution < -0.4 is 5.32 Å². The number of anilines is 1. The predicted octanol–water partition coefficient (Wildman–Crippen LogP) is 4.76. The Labute approximate surface area is 130 Å². The second-order valence-electron chi connectivity index (χ2n) is 5.20. The van der Waals surface area contributed by atoms with Crippen LogP contribution >= 0.6 is 0 Å². The number of aromatic nitrogens is 2. The molecule has 0 aliphatic rings. The maximum atomic E-state index is 4.31. The quantitative estimate of drug-likeness (QED) is 0.752. The molecule has 3 nitrogen and oxygen atoms in total. The fraction of sp³-hybridized carbons (Fsp3) is 0.158. The van der Waals surface area contributed by atoms with Crippen molar-refractivity contribution in [1.82, 2.24) is 9.97 Å². The third kappa shape index (κ3) is 2.35. The standard InChI is InChI=1S/C19H19N3/c1-4-13(2)14-7-5-9-16-15(14)8-6-10-17(16)18-11-21-12-22-19(18)20-3/h5-12H,2,4H2,1,3H3,(H,20,21,22). The first-order valence-corrected chi connectivity index (χ1v) is 7.44. The molecule has 3 aromatic rings. The van der Waals surface area contributed by atoms with Crippen molar-refractivity contribution in [2.24, 2.45) is 0 Å².